The van der Waals surface area contributed by atoms with Crippen LogP contribution in [0.4, 0.5) is 0 Å². The number of carbonyl (C=O) groups excluding carboxylic acids is 1. The molecule has 0 heterocycles. The minimum atomic E-state index is -0.0803. The van der Waals surface area contributed by atoms with Crippen LogP contribution in [0.1, 0.15) is 43.7 Å². The Morgan fingerprint density at radius 1 is 1.12 bits per heavy atom. The van der Waals surface area contributed by atoms with E-state index in [1.54, 1.807) is 0 Å². The normalized spacial score (nSPS) is 10.2. The van der Waals surface area contributed by atoms with Gasteiger partial charge in [0, 0.05) is 6.42 Å². The van der Waals surface area contributed by atoms with Crippen molar-refractivity contribution in [2.75, 3.05) is 0 Å². The summed E-state index contributed by atoms with van der Waals surface area (Å²) in [6, 6.07) is 8.78. The lowest BCUT2D eigenvalue weighted by Crippen LogP contribution is -2.29. The average Bonchev–Trinajstić information content (AvgIpc) is 2.36. The summed E-state index contributed by atoms with van der Waals surface area (Å²) in [5.41, 5.74) is 4.89. The van der Waals surface area contributed by atoms with Gasteiger partial charge in [0.05, 0.1) is 0 Å². The molecule has 0 fully saturated rings. The maximum atomic E-state index is 10.9. The Hall–Kier alpha value is -1.35. The van der Waals surface area contributed by atoms with Gasteiger partial charge in [0.2, 0.25) is 5.91 Å². The Labute approximate surface area is 103 Å². The maximum Gasteiger partial charge on any atom is 0.233 e. The Kier molecular flexibility index (Phi) is 6.33. The third-order valence-electron chi connectivity index (χ3n) is 2.84. The Morgan fingerprint density at radius 2 is 1.71 bits per heavy atom. The molecule has 94 valence electrons. The van der Waals surface area contributed by atoms with E-state index in [9.17, 15) is 4.79 Å². The molecule has 0 aromatic heterocycles. The number of carbonyl (C=O) groups is 1. The number of unbranched alkanes of at least 4 members (excludes halogenated alkanes) is 1. The summed E-state index contributed by atoms with van der Waals surface area (Å²) >= 11 is 0. The SMILES string of the molecule is CCCc1ccc(CCCCC(=O)NN)cc1. The lowest BCUT2D eigenvalue weighted by atomic mass is 10.0. The van der Waals surface area contributed by atoms with Gasteiger partial charge >= 0.3 is 0 Å². The predicted molar refractivity (Wildman–Crippen MR) is 70.3 cm³/mol. The van der Waals surface area contributed by atoms with Crippen LogP contribution in [0.3, 0.4) is 0 Å². The molecule has 1 aromatic carbocycles. The van der Waals surface area contributed by atoms with E-state index in [4.69, 9.17) is 5.84 Å². The summed E-state index contributed by atoms with van der Waals surface area (Å²) < 4.78 is 0. The first-order chi connectivity index (χ1) is 8.26. The smallest absolute Gasteiger partial charge is 0.233 e. The largest absolute Gasteiger partial charge is 0.294 e. The second kappa shape index (κ2) is 7.85. The molecule has 0 atom stereocenters. The Balaban J connectivity index is 2.25. The van der Waals surface area contributed by atoms with Crippen LogP contribution in [-0.2, 0) is 17.6 Å². The Bertz CT molecular complexity index is 333. The van der Waals surface area contributed by atoms with E-state index < -0.39 is 0 Å². The second-order valence-electron chi connectivity index (χ2n) is 4.34. The van der Waals surface area contributed by atoms with Gasteiger partial charge in [-0.05, 0) is 36.8 Å². The molecule has 3 nitrogen and oxygen atoms in total. The predicted octanol–water partition coefficient (Wildman–Crippen LogP) is 2.34. The van der Waals surface area contributed by atoms with Gasteiger partial charge in [0.1, 0.15) is 0 Å². The molecule has 0 saturated heterocycles. The lowest BCUT2D eigenvalue weighted by molar-refractivity contribution is -0.121. The molecule has 0 aliphatic carbocycles. The number of nitrogens with one attached hydrogen (secondary N) is 1. The summed E-state index contributed by atoms with van der Waals surface area (Å²) in [5, 5.41) is 0. The quantitative estimate of drug-likeness (QED) is 0.329. The molecule has 3 N–H and O–H groups in total. The van der Waals surface area contributed by atoms with E-state index in [0.717, 1.165) is 25.7 Å². The van der Waals surface area contributed by atoms with E-state index in [0.29, 0.717) is 6.42 Å². The van der Waals surface area contributed by atoms with Crippen molar-refractivity contribution in [3.63, 3.8) is 0 Å². The van der Waals surface area contributed by atoms with Gasteiger partial charge in [-0.1, -0.05) is 37.6 Å². The van der Waals surface area contributed by atoms with Crippen LogP contribution < -0.4 is 11.3 Å². The van der Waals surface area contributed by atoms with Gasteiger partial charge in [-0.25, -0.2) is 5.84 Å². The highest BCUT2D eigenvalue weighted by molar-refractivity contribution is 5.75. The van der Waals surface area contributed by atoms with Crippen molar-refractivity contribution < 1.29 is 4.79 Å². The molecule has 0 aliphatic rings. The standard InChI is InChI=1S/C14H22N2O/c1-2-5-12-8-10-13(11-9-12)6-3-4-7-14(17)16-15/h8-11H,2-7,15H2,1H3,(H,16,17). The highest BCUT2D eigenvalue weighted by atomic mass is 16.2. The number of benzene rings is 1. The van der Waals surface area contributed by atoms with Gasteiger partial charge in [-0.2, -0.15) is 0 Å². The van der Waals surface area contributed by atoms with Crippen molar-refractivity contribution in [2.24, 2.45) is 5.84 Å². The molecule has 0 radical (unpaired) electrons. The fourth-order valence-electron chi connectivity index (χ4n) is 1.85. The first-order valence-corrected chi connectivity index (χ1v) is 6.33. The third-order valence-corrected chi connectivity index (χ3v) is 2.84. The summed E-state index contributed by atoms with van der Waals surface area (Å²) in [4.78, 5) is 10.9. The molecule has 0 aliphatic heterocycles. The van der Waals surface area contributed by atoms with Gasteiger partial charge in [-0.3, -0.25) is 10.2 Å². The summed E-state index contributed by atoms with van der Waals surface area (Å²) in [6.07, 6.45) is 5.81. The van der Waals surface area contributed by atoms with E-state index in [1.165, 1.54) is 17.5 Å². The minimum absolute atomic E-state index is 0.0803. The van der Waals surface area contributed by atoms with E-state index in [1.807, 2.05) is 0 Å². The molecule has 0 unspecified atom stereocenters. The van der Waals surface area contributed by atoms with Crippen LogP contribution in [-0.4, -0.2) is 5.91 Å². The van der Waals surface area contributed by atoms with Crippen molar-refractivity contribution in [2.45, 2.75) is 45.4 Å². The molecule has 0 spiro atoms. The van der Waals surface area contributed by atoms with Crippen LogP contribution in [0.5, 0.6) is 0 Å². The van der Waals surface area contributed by atoms with E-state index >= 15 is 0 Å². The summed E-state index contributed by atoms with van der Waals surface area (Å²) in [6.45, 7) is 2.19. The fourth-order valence-corrected chi connectivity index (χ4v) is 1.85. The van der Waals surface area contributed by atoms with Crippen LogP contribution in [0.15, 0.2) is 24.3 Å². The van der Waals surface area contributed by atoms with Gasteiger partial charge in [0.25, 0.3) is 0 Å². The second-order valence-corrected chi connectivity index (χ2v) is 4.34. The molecule has 1 amide bonds. The van der Waals surface area contributed by atoms with Gasteiger partial charge < -0.3 is 0 Å². The van der Waals surface area contributed by atoms with Crippen LogP contribution in [0.25, 0.3) is 0 Å². The third kappa shape index (κ3) is 5.50. The molecule has 3 heteroatoms. The monoisotopic (exact) mass is 234 g/mol. The number of rotatable bonds is 7. The highest BCUT2D eigenvalue weighted by Gasteiger charge is 1.99. The molecule has 1 rings (SSSR count). The van der Waals surface area contributed by atoms with Crippen LogP contribution in [0.2, 0.25) is 0 Å². The zero-order valence-corrected chi connectivity index (χ0v) is 10.5. The lowest BCUT2D eigenvalue weighted by Gasteiger charge is -2.03. The Morgan fingerprint density at radius 3 is 2.24 bits per heavy atom. The number of amides is 1. The number of hydrazine groups is 1. The van der Waals surface area contributed by atoms with E-state index in [-0.39, 0.29) is 5.91 Å². The van der Waals surface area contributed by atoms with Gasteiger partial charge in [0.15, 0.2) is 0 Å². The fraction of sp³-hybridized carbons (Fsp3) is 0.500. The molecular weight excluding hydrogens is 212 g/mol. The zero-order valence-electron chi connectivity index (χ0n) is 10.5. The molecule has 0 bridgehead atoms. The van der Waals surface area contributed by atoms with Crippen molar-refractivity contribution >= 4 is 5.91 Å². The number of hydrogen-bond acceptors (Lipinski definition) is 2. The minimum Gasteiger partial charge on any atom is -0.294 e. The maximum absolute atomic E-state index is 10.9. The molecule has 0 saturated carbocycles. The number of hydrogen-bond donors (Lipinski definition) is 2. The van der Waals surface area contributed by atoms with Crippen molar-refractivity contribution in [1.82, 2.24) is 5.43 Å². The molecular formula is C14H22N2O. The van der Waals surface area contributed by atoms with E-state index in [2.05, 4.69) is 36.6 Å². The summed E-state index contributed by atoms with van der Waals surface area (Å²) in [5.74, 6) is 4.93. The summed E-state index contributed by atoms with van der Waals surface area (Å²) in [7, 11) is 0. The van der Waals surface area contributed by atoms with Crippen molar-refractivity contribution in [1.29, 1.82) is 0 Å². The van der Waals surface area contributed by atoms with Crippen LogP contribution >= 0.6 is 0 Å². The molecule has 1 aromatic rings. The topological polar surface area (TPSA) is 55.1 Å². The van der Waals surface area contributed by atoms with Crippen molar-refractivity contribution in [3.8, 4) is 0 Å². The van der Waals surface area contributed by atoms with Gasteiger partial charge in [-0.15, -0.1) is 0 Å². The molecule has 17 heavy (non-hydrogen) atoms. The average molecular weight is 234 g/mol. The highest BCUT2D eigenvalue weighted by Crippen LogP contribution is 2.10. The zero-order chi connectivity index (χ0) is 12.5. The number of nitrogens with two attached hydrogens (primary N) is 1. The van der Waals surface area contributed by atoms with Crippen molar-refractivity contribution in [3.05, 3.63) is 35.4 Å². The first-order valence-electron chi connectivity index (χ1n) is 6.33. The first kappa shape index (κ1) is 13.7. The number of aryl methyl sites for hydroxylation is 2. The van der Waals surface area contributed by atoms with Crippen LogP contribution in [0, 0.1) is 0 Å².